The van der Waals surface area contributed by atoms with Crippen molar-refractivity contribution in [3.05, 3.63) is 89.6 Å². The number of aromatic nitrogens is 1. The van der Waals surface area contributed by atoms with Crippen LogP contribution in [0.1, 0.15) is 22.6 Å². The van der Waals surface area contributed by atoms with Crippen molar-refractivity contribution < 1.29 is 9.59 Å². The molecule has 8 nitrogen and oxygen atoms in total. The normalized spacial score (nSPS) is 14.3. The first-order valence-electron chi connectivity index (χ1n) is 12.0. The van der Waals surface area contributed by atoms with E-state index in [0.29, 0.717) is 37.4 Å². The van der Waals surface area contributed by atoms with Crippen molar-refractivity contribution in [2.24, 2.45) is 0 Å². The fourth-order valence-corrected chi connectivity index (χ4v) is 4.10. The maximum Gasteiger partial charge on any atom is 0.241 e. The highest BCUT2D eigenvalue weighted by molar-refractivity contribution is 5.96. The van der Waals surface area contributed by atoms with E-state index >= 15 is 0 Å². The summed E-state index contributed by atoms with van der Waals surface area (Å²) < 4.78 is 0. The van der Waals surface area contributed by atoms with Crippen LogP contribution in [0.15, 0.2) is 72.9 Å². The smallest absolute Gasteiger partial charge is 0.241 e. The zero-order valence-electron chi connectivity index (χ0n) is 20.4. The molecule has 0 bridgehead atoms. The van der Waals surface area contributed by atoms with Gasteiger partial charge in [-0.25, -0.2) is 4.98 Å². The predicted molar refractivity (Wildman–Crippen MR) is 140 cm³/mol. The van der Waals surface area contributed by atoms with E-state index in [-0.39, 0.29) is 17.7 Å². The lowest BCUT2D eigenvalue weighted by atomic mass is 9.98. The number of anilines is 2. The average Bonchev–Trinajstić information content (AvgIpc) is 2.91. The summed E-state index contributed by atoms with van der Waals surface area (Å²) in [6.07, 6.45) is 2.44. The number of amides is 2. The molecule has 1 atom stereocenters. The van der Waals surface area contributed by atoms with Crippen molar-refractivity contribution in [3.8, 4) is 6.07 Å². The Balaban J connectivity index is 1.35. The van der Waals surface area contributed by atoms with Gasteiger partial charge in [-0.1, -0.05) is 42.5 Å². The average molecular weight is 483 g/mol. The van der Waals surface area contributed by atoms with E-state index in [0.717, 1.165) is 29.9 Å². The van der Waals surface area contributed by atoms with Crippen molar-refractivity contribution >= 4 is 23.3 Å². The molecule has 1 unspecified atom stereocenters. The molecular formula is C28H30N6O2. The first-order valence-corrected chi connectivity index (χ1v) is 12.0. The number of benzene rings is 2. The Morgan fingerprint density at radius 3 is 2.53 bits per heavy atom. The van der Waals surface area contributed by atoms with Crippen LogP contribution < -0.4 is 15.5 Å². The fourth-order valence-electron chi connectivity index (χ4n) is 4.10. The van der Waals surface area contributed by atoms with Gasteiger partial charge in [0.2, 0.25) is 11.8 Å². The molecule has 4 rings (SSSR count). The SMILES string of the molecule is CN1CCN(c2ccc(NC(=O)C(CNCCc3ccc(C#N)cc3)c3ccccc3)cn2)CC1=O. The minimum absolute atomic E-state index is 0.0674. The second kappa shape index (κ2) is 12.0. The maximum atomic E-state index is 13.2. The van der Waals surface area contributed by atoms with E-state index in [1.54, 1.807) is 18.1 Å². The Hall–Kier alpha value is -4.22. The number of carbonyl (C=O) groups is 2. The van der Waals surface area contributed by atoms with Crippen molar-refractivity contribution in [3.63, 3.8) is 0 Å². The van der Waals surface area contributed by atoms with Crippen LogP contribution in [0.2, 0.25) is 0 Å². The summed E-state index contributed by atoms with van der Waals surface area (Å²) in [5.41, 5.74) is 3.33. The monoisotopic (exact) mass is 482 g/mol. The molecule has 1 fully saturated rings. The topological polar surface area (TPSA) is 101 Å². The van der Waals surface area contributed by atoms with Gasteiger partial charge in [0.05, 0.1) is 36.0 Å². The van der Waals surface area contributed by atoms with Gasteiger partial charge in [-0.05, 0) is 48.4 Å². The molecule has 0 aliphatic carbocycles. The van der Waals surface area contributed by atoms with Crippen molar-refractivity contribution in [2.75, 3.05) is 50.0 Å². The zero-order chi connectivity index (χ0) is 25.3. The van der Waals surface area contributed by atoms with Gasteiger partial charge in [0.15, 0.2) is 0 Å². The number of piperazine rings is 1. The molecule has 1 saturated heterocycles. The number of carbonyl (C=O) groups excluding carboxylic acids is 2. The highest BCUT2D eigenvalue weighted by Gasteiger charge is 2.23. The first kappa shape index (κ1) is 24.9. The minimum atomic E-state index is -0.373. The van der Waals surface area contributed by atoms with Crippen molar-refractivity contribution in [2.45, 2.75) is 12.3 Å². The van der Waals surface area contributed by atoms with Gasteiger partial charge < -0.3 is 20.4 Å². The van der Waals surface area contributed by atoms with E-state index in [1.165, 1.54) is 0 Å². The zero-order valence-corrected chi connectivity index (χ0v) is 20.4. The quantitative estimate of drug-likeness (QED) is 0.455. The molecule has 0 radical (unpaired) electrons. The third-order valence-corrected chi connectivity index (χ3v) is 6.34. The van der Waals surface area contributed by atoms with E-state index in [9.17, 15) is 9.59 Å². The predicted octanol–water partition coefficient (Wildman–Crippen LogP) is 2.79. The summed E-state index contributed by atoms with van der Waals surface area (Å²) in [7, 11) is 1.80. The van der Waals surface area contributed by atoms with Gasteiger partial charge in [-0.3, -0.25) is 9.59 Å². The number of hydrogen-bond acceptors (Lipinski definition) is 6. The molecule has 1 aromatic heterocycles. The standard InChI is InChI=1S/C28H30N6O2/c1-33-15-16-34(20-27(33)35)26-12-11-24(18-31-26)32-28(36)25(23-5-3-2-4-6-23)19-30-14-13-21-7-9-22(17-29)10-8-21/h2-12,18,25,30H,13-16,19-20H2,1H3,(H,32,36). The molecule has 2 amide bonds. The summed E-state index contributed by atoms with van der Waals surface area (Å²) >= 11 is 0. The number of nitriles is 1. The van der Waals surface area contributed by atoms with Gasteiger partial charge in [0.1, 0.15) is 5.82 Å². The lowest BCUT2D eigenvalue weighted by Gasteiger charge is -2.32. The molecule has 8 heteroatoms. The number of pyridine rings is 1. The van der Waals surface area contributed by atoms with Gasteiger partial charge in [0.25, 0.3) is 0 Å². The molecule has 2 N–H and O–H groups in total. The van der Waals surface area contributed by atoms with Crippen LogP contribution in [-0.2, 0) is 16.0 Å². The van der Waals surface area contributed by atoms with Crippen molar-refractivity contribution in [1.29, 1.82) is 5.26 Å². The Morgan fingerprint density at radius 2 is 1.86 bits per heavy atom. The summed E-state index contributed by atoms with van der Waals surface area (Å²) in [6.45, 7) is 2.89. The summed E-state index contributed by atoms with van der Waals surface area (Å²) in [5, 5.41) is 15.3. The van der Waals surface area contributed by atoms with Gasteiger partial charge >= 0.3 is 0 Å². The largest absolute Gasteiger partial charge is 0.346 e. The summed E-state index contributed by atoms with van der Waals surface area (Å²) in [5.74, 6) is 0.301. The van der Waals surface area contributed by atoms with Crippen LogP contribution in [-0.4, -0.2) is 61.5 Å². The molecule has 3 aromatic rings. The molecule has 1 aliphatic heterocycles. The van der Waals surface area contributed by atoms with Crippen LogP contribution in [0.3, 0.4) is 0 Å². The Morgan fingerprint density at radius 1 is 1.08 bits per heavy atom. The molecule has 184 valence electrons. The number of nitrogens with zero attached hydrogens (tertiary/aromatic N) is 4. The van der Waals surface area contributed by atoms with Gasteiger partial charge in [0, 0.05) is 26.7 Å². The lowest BCUT2D eigenvalue weighted by Crippen LogP contribution is -2.48. The molecule has 2 aromatic carbocycles. The Bertz CT molecular complexity index is 1210. The maximum absolute atomic E-state index is 13.2. The number of rotatable bonds is 9. The van der Waals surface area contributed by atoms with Crippen LogP contribution >= 0.6 is 0 Å². The van der Waals surface area contributed by atoms with E-state index in [1.807, 2.05) is 71.6 Å². The molecular weight excluding hydrogens is 452 g/mol. The number of hydrogen-bond donors (Lipinski definition) is 2. The second-order valence-electron chi connectivity index (χ2n) is 8.86. The van der Waals surface area contributed by atoms with Gasteiger partial charge in [-0.2, -0.15) is 5.26 Å². The van der Waals surface area contributed by atoms with E-state index in [4.69, 9.17) is 5.26 Å². The molecule has 0 saturated carbocycles. The van der Waals surface area contributed by atoms with E-state index < -0.39 is 0 Å². The highest BCUT2D eigenvalue weighted by atomic mass is 16.2. The van der Waals surface area contributed by atoms with Crippen LogP contribution in [0.25, 0.3) is 0 Å². The molecule has 1 aliphatic rings. The number of nitrogens with one attached hydrogen (secondary N) is 2. The molecule has 36 heavy (non-hydrogen) atoms. The first-order chi connectivity index (χ1) is 17.5. The van der Waals surface area contributed by atoms with Crippen LogP contribution in [0.5, 0.6) is 0 Å². The highest BCUT2D eigenvalue weighted by Crippen LogP contribution is 2.20. The lowest BCUT2D eigenvalue weighted by molar-refractivity contribution is -0.129. The summed E-state index contributed by atoms with van der Waals surface area (Å²) in [4.78, 5) is 33.4. The number of likely N-dealkylation sites (N-methyl/N-ethyl adjacent to an activating group) is 1. The van der Waals surface area contributed by atoms with E-state index in [2.05, 4.69) is 21.7 Å². The Labute approximate surface area is 211 Å². The molecule has 2 heterocycles. The summed E-state index contributed by atoms with van der Waals surface area (Å²) in [6, 6.07) is 23.0. The Kier molecular flexibility index (Phi) is 8.27. The third-order valence-electron chi connectivity index (χ3n) is 6.34. The minimum Gasteiger partial charge on any atom is -0.346 e. The third kappa shape index (κ3) is 6.46. The molecule has 0 spiro atoms. The van der Waals surface area contributed by atoms with Crippen LogP contribution in [0.4, 0.5) is 11.5 Å². The van der Waals surface area contributed by atoms with Gasteiger partial charge in [-0.15, -0.1) is 0 Å². The van der Waals surface area contributed by atoms with Crippen molar-refractivity contribution in [1.82, 2.24) is 15.2 Å². The van der Waals surface area contributed by atoms with Crippen LogP contribution in [0, 0.1) is 11.3 Å². The second-order valence-corrected chi connectivity index (χ2v) is 8.86. The fraction of sp³-hybridized carbons (Fsp3) is 0.286.